The van der Waals surface area contributed by atoms with Crippen LogP contribution in [0.3, 0.4) is 0 Å². The Balaban J connectivity index is 1.92. The molecule has 1 atom stereocenters. The van der Waals surface area contributed by atoms with Gasteiger partial charge in [0, 0.05) is 25.2 Å². The Morgan fingerprint density at radius 3 is 2.65 bits per heavy atom. The smallest absolute Gasteiger partial charge is 0.306 e. The molecule has 1 fully saturated rings. The number of carbonyl (C=O) groups excluding carboxylic acids is 1. The molecule has 0 spiro atoms. The van der Waals surface area contributed by atoms with Gasteiger partial charge in [-0.2, -0.15) is 0 Å². The van der Waals surface area contributed by atoms with Gasteiger partial charge < -0.3 is 15.6 Å². The van der Waals surface area contributed by atoms with E-state index in [1.54, 1.807) is 12.1 Å². The molecule has 0 aliphatic carbocycles. The summed E-state index contributed by atoms with van der Waals surface area (Å²) in [5.74, 6) is -1.29. The highest BCUT2D eigenvalue weighted by molar-refractivity contribution is 5.92. The van der Waals surface area contributed by atoms with E-state index in [1.807, 2.05) is 12.1 Å². The molecule has 1 saturated heterocycles. The second-order valence-corrected chi connectivity index (χ2v) is 4.89. The van der Waals surface area contributed by atoms with E-state index < -0.39 is 11.9 Å². The van der Waals surface area contributed by atoms with Gasteiger partial charge in [0.05, 0.1) is 19.1 Å². The first-order valence-corrected chi connectivity index (χ1v) is 6.49. The topological polar surface area (TPSA) is 92.9 Å². The first kappa shape index (κ1) is 14.5. The molecule has 0 bridgehead atoms. The summed E-state index contributed by atoms with van der Waals surface area (Å²) in [6.07, 6.45) is -0.233. The summed E-state index contributed by atoms with van der Waals surface area (Å²) in [5, 5.41) is 8.78. The van der Waals surface area contributed by atoms with Crippen LogP contribution in [0.4, 0.5) is 0 Å². The second kappa shape index (κ2) is 6.49. The predicted octanol–water partition coefficient (Wildman–Crippen LogP) is 0.461. The maximum absolute atomic E-state index is 11.0. The number of carboxylic acids is 1. The summed E-state index contributed by atoms with van der Waals surface area (Å²) in [7, 11) is 0. The molecule has 0 radical (unpaired) electrons. The van der Waals surface area contributed by atoms with Crippen LogP contribution in [0.1, 0.15) is 22.3 Å². The van der Waals surface area contributed by atoms with Crippen molar-refractivity contribution in [1.82, 2.24) is 4.90 Å². The van der Waals surface area contributed by atoms with Gasteiger partial charge in [-0.3, -0.25) is 14.5 Å². The van der Waals surface area contributed by atoms with Crippen LogP contribution in [-0.2, 0) is 16.1 Å². The third-order valence-corrected chi connectivity index (χ3v) is 3.27. The van der Waals surface area contributed by atoms with Gasteiger partial charge in [-0.25, -0.2) is 0 Å². The maximum Gasteiger partial charge on any atom is 0.306 e. The fourth-order valence-electron chi connectivity index (χ4n) is 2.27. The fourth-order valence-corrected chi connectivity index (χ4v) is 2.27. The Hall–Kier alpha value is -1.92. The van der Waals surface area contributed by atoms with Crippen molar-refractivity contribution in [3.8, 4) is 0 Å². The van der Waals surface area contributed by atoms with Crippen LogP contribution in [-0.4, -0.2) is 47.7 Å². The molecule has 6 heteroatoms. The Morgan fingerprint density at radius 1 is 1.35 bits per heavy atom. The molecule has 108 valence electrons. The number of morpholine rings is 1. The standard InChI is InChI=1S/C14H18N2O4/c15-14(19)11-3-1-10(2-4-11)8-16-5-6-20-12(9-16)7-13(17)18/h1-4,12H,5-9H2,(H2,15,19)(H,17,18). The number of benzene rings is 1. The van der Waals surface area contributed by atoms with Crippen LogP contribution >= 0.6 is 0 Å². The Kier molecular flexibility index (Phi) is 4.70. The van der Waals surface area contributed by atoms with Gasteiger partial charge in [0.1, 0.15) is 0 Å². The van der Waals surface area contributed by atoms with E-state index in [1.165, 1.54) is 0 Å². The molecular weight excluding hydrogens is 260 g/mol. The molecule has 1 aromatic rings. The molecule has 1 unspecified atom stereocenters. The van der Waals surface area contributed by atoms with E-state index in [0.717, 1.165) is 12.1 Å². The molecule has 1 aliphatic heterocycles. The summed E-state index contributed by atoms with van der Waals surface area (Å²) in [5.41, 5.74) is 6.74. The maximum atomic E-state index is 11.0. The van der Waals surface area contributed by atoms with Gasteiger partial charge in [0.2, 0.25) is 5.91 Å². The lowest BCUT2D eigenvalue weighted by atomic mass is 10.1. The van der Waals surface area contributed by atoms with Crippen LogP contribution < -0.4 is 5.73 Å². The summed E-state index contributed by atoms with van der Waals surface area (Å²) < 4.78 is 5.42. The summed E-state index contributed by atoms with van der Waals surface area (Å²) in [4.78, 5) is 23.8. The van der Waals surface area contributed by atoms with Crippen molar-refractivity contribution in [3.63, 3.8) is 0 Å². The number of ether oxygens (including phenoxy) is 1. The van der Waals surface area contributed by atoms with E-state index >= 15 is 0 Å². The minimum absolute atomic E-state index is 0.0249. The molecule has 1 heterocycles. The van der Waals surface area contributed by atoms with E-state index in [4.69, 9.17) is 15.6 Å². The average molecular weight is 278 g/mol. The third kappa shape index (κ3) is 4.04. The first-order chi connectivity index (χ1) is 9.54. The summed E-state index contributed by atoms with van der Waals surface area (Å²) >= 11 is 0. The SMILES string of the molecule is NC(=O)c1ccc(CN2CCOC(CC(=O)O)C2)cc1. The largest absolute Gasteiger partial charge is 0.481 e. The Labute approximate surface area is 117 Å². The number of rotatable bonds is 5. The van der Waals surface area contributed by atoms with Crippen molar-refractivity contribution in [3.05, 3.63) is 35.4 Å². The molecule has 20 heavy (non-hydrogen) atoms. The van der Waals surface area contributed by atoms with Crippen molar-refractivity contribution in [2.75, 3.05) is 19.7 Å². The third-order valence-electron chi connectivity index (χ3n) is 3.27. The number of primary amides is 1. The number of carboxylic acid groups (broad SMARTS) is 1. The van der Waals surface area contributed by atoms with E-state index in [2.05, 4.69) is 4.90 Å². The number of hydrogen-bond donors (Lipinski definition) is 2. The van der Waals surface area contributed by atoms with Gasteiger partial charge in [-0.1, -0.05) is 12.1 Å². The van der Waals surface area contributed by atoms with Gasteiger partial charge in [0.25, 0.3) is 0 Å². The lowest BCUT2D eigenvalue weighted by Crippen LogP contribution is -2.42. The molecular formula is C14H18N2O4. The van der Waals surface area contributed by atoms with Crippen molar-refractivity contribution < 1.29 is 19.4 Å². The Bertz CT molecular complexity index is 486. The lowest BCUT2D eigenvalue weighted by molar-refractivity contribution is -0.142. The van der Waals surface area contributed by atoms with Crippen LogP contribution in [0, 0.1) is 0 Å². The number of nitrogens with zero attached hydrogens (tertiary/aromatic N) is 1. The average Bonchev–Trinajstić information content (AvgIpc) is 2.39. The molecule has 0 aromatic heterocycles. The van der Waals surface area contributed by atoms with Gasteiger partial charge in [-0.15, -0.1) is 0 Å². The summed E-state index contributed by atoms with van der Waals surface area (Å²) in [6.45, 7) is 2.62. The number of hydrogen-bond acceptors (Lipinski definition) is 4. The molecule has 1 amide bonds. The van der Waals surface area contributed by atoms with Crippen molar-refractivity contribution in [2.45, 2.75) is 19.1 Å². The van der Waals surface area contributed by atoms with Gasteiger partial charge in [0.15, 0.2) is 0 Å². The molecule has 6 nitrogen and oxygen atoms in total. The van der Waals surface area contributed by atoms with Crippen molar-refractivity contribution in [1.29, 1.82) is 0 Å². The monoisotopic (exact) mass is 278 g/mol. The zero-order valence-electron chi connectivity index (χ0n) is 11.1. The molecule has 1 aliphatic rings. The molecule has 0 saturated carbocycles. The highest BCUT2D eigenvalue weighted by Crippen LogP contribution is 2.13. The zero-order valence-corrected chi connectivity index (χ0v) is 11.1. The molecule has 3 N–H and O–H groups in total. The molecule has 2 rings (SSSR count). The van der Waals surface area contributed by atoms with Crippen molar-refractivity contribution >= 4 is 11.9 Å². The fraction of sp³-hybridized carbons (Fsp3) is 0.429. The van der Waals surface area contributed by atoms with Crippen LogP contribution in [0.5, 0.6) is 0 Å². The van der Waals surface area contributed by atoms with Crippen LogP contribution in [0.25, 0.3) is 0 Å². The number of carbonyl (C=O) groups is 2. The normalized spacial score (nSPS) is 19.7. The highest BCUT2D eigenvalue weighted by Gasteiger charge is 2.22. The summed E-state index contributed by atoms with van der Waals surface area (Å²) in [6, 6.07) is 7.13. The molecule has 1 aromatic carbocycles. The van der Waals surface area contributed by atoms with Crippen LogP contribution in [0.15, 0.2) is 24.3 Å². The van der Waals surface area contributed by atoms with E-state index in [-0.39, 0.29) is 12.5 Å². The highest BCUT2D eigenvalue weighted by atomic mass is 16.5. The Morgan fingerprint density at radius 2 is 2.05 bits per heavy atom. The van der Waals surface area contributed by atoms with Gasteiger partial charge >= 0.3 is 5.97 Å². The van der Waals surface area contributed by atoms with E-state index in [9.17, 15) is 9.59 Å². The zero-order chi connectivity index (χ0) is 14.5. The van der Waals surface area contributed by atoms with E-state index in [0.29, 0.717) is 25.3 Å². The number of aliphatic carboxylic acids is 1. The number of amides is 1. The lowest BCUT2D eigenvalue weighted by Gasteiger charge is -2.32. The predicted molar refractivity (Wildman–Crippen MR) is 72.2 cm³/mol. The number of nitrogens with two attached hydrogens (primary N) is 1. The van der Waals surface area contributed by atoms with Crippen LogP contribution in [0.2, 0.25) is 0 Å². The van der Waals surface area contributed by atoms with Crippen molar-refractivity contribution in [2.24, 2.45) is 5.73 Å². The quantitative estimate of drug-likeness (QED) is 0.816. The minimum atomic E-state index is -0.845. The first-order valence-electron chi connectivity index (χ1n) is 6.49. The van der Waals surface area contributed by atoms with Gasteiger partial charge in [-0.05, 0) is 17.7 Å². The minimum Gasteiger partial charge on any atom is -0.481 e. The second-order valence-electron chi connectivity index (χ2n) is 4.89.